The number of rotatable bonds is 9. The van der Waals surface area contributed by atoms with Crippen molar-refractivity contribution < 1.29 is 19.1 Å². The number of ether oxygens (including phenoxy) is 2. The maximum atomic E-state index is 13.4. The van der Waals surface area contributed by atoms with Crippen LogP contribution in [0.2, 0.25) is 0 Å². The summed E-state index contributed by atoms with van der Waals surface area (Å²) in [6.45, 7) is 0. The first-order valence-corrected chi connectivity index (χ1v) is 12.7. The van der Waals surface area contributed by atoms with Crippen LogP contribution in [0.1, 0.15) is 34.5 Å². The average molecular weight is 512 g/mol. The molecule has 0 unspecified atom stereocenters. The smallest absolute Gasteiger partial charge is 0.411 e. The fourth-order valence-electron chi connectivity index (χ4n) is 4.03. The molecule has 0 saturated carbocycles. The van der Waals surface area contributed by atoms with Gasteiger partial charge < -0.3 is 9.47 Å². The van der Waals surface area contributed by atoms with E-state index in [1.165, 1.54) is 11.9 Å². The van der Waals surface area contributed by atoms with E-state index in [2.05, 4.69) is 12.6 Å². The van der Waals surface area contributed by atoms with Crippen LogP contribution < -0.4 is 0 Å². The van der Waals surface area contributed by atoms with Crippen LogP contribution in [-0.2, 0) is 14.3 Å². The van der Waals surface area contributed by atoms with Gasteiger partial charge >= 0.3 is 12.1 Å². The van der Waals surface area contributed by atoms with Gasteiger partial charge in [0.25, 0.3) is 0 Å². The highest BCUT2D eigenvalue weighted by atomic mass is 32.1. The predicted molar refractivity (Wildman–Crippen MR) is 147 cm³/mol. The molecule has 4 rings (SSSR count). The Kier molecular flexibility index (Phi) is 9.00. The molecular formula is C31H29NO4S. The Bertz CT molecular complexity index is 1190. The second-order valence-corrected chi connectivity index (χ2v) is 8.90. The molecule has 0 spiro atoms. The fourth-order valence-corrected chi connectivity index (χ4v) is 4.42. The zero-order valence-corrected chi connectivity index (χ0v) is 21.4. The van der Waals surface area contributed by atoms with Crippen molar-refractivity contribution in [1.82, 2.24) is 4.90 Å². The Balaban J connectivity index is 1.54. The first-order chi connectivity index (χ1) is 18.1. The lowest BCUT2D eigenvalue weighted by atomic mass is 10.0. The number of hydrogen-bond donors (Lipinski definition) is 1. The number of hydrogen-bond acceptors (Lipinski definition) is 5. The van der Waals surface area contributed by atoms with Gasteiger partial charge in [0.15, 0.2) is 12.2 Å². The third-order valence-electron chi connectivity index (χ3n) is 6.06. The lowest BCUT2D eigenvalue weighted by Crippen LogP contribution is -2.45. The van der Waals surface area contributed by atoms with E-state index in [-0.39, 0.29) is 5.75 Å². The Morgan fingerprint density at radius 2 is 0.946 bits per heavy atom. The quantitative estimate of drug-likeness (QED) is 0.207. The molecule has 37 heavy (non-hydrogen) atoms. The Labute approximate surface area is 223 Å². The first kappa shape index (κ1) is 26.0. The van der Waals surface area contributed by atoms with E-state index in [9.17, 15) is 9.59 Å². The normalized spacial score (nSPS) is 11.7. The number of likely N-dealkylation sites (N-methyl/N-ethyl adjacent to an activating group) is 1. The Morgan fingerprint density at radius 3 is 1.27 bits per heavy atom. The number of benzene rings is 4. The van der Waals surface area contributed by atoms with Crippen molar-refractivity contribution >= 4 is 24.7 Å². The molecule has 1 atom stereocenters. The topological polar surface area (TPSA) is 55.8 Å². The summed E-state index contributed by atoms with van der Waals surface area (Å²) in [5.74, 6) is -0.495. The van der Waals surface area contributed by atoms with Gasteiger partial charge in [0.05, 0.1) is 0 Å². The van der Waals surface area contributed by atoms with Crippen molar-refractivity contribution in [1.29, 1.82) is 0 Å². The highest BCUT2D eigenvalue weighted by Gasteiger charge is 2.32. The van der Waals surface area contributed by atoms with Gasteiger partial charge in [0.2, 0.25) is 0 Å². The summed E-state index contributed by atoms with van der Waals surface area (Å²) in [6, 6.07) is 37.1. The van der Waals surface area contributed by atoms with Crippen LogP contribution in [0.3, 0.4) is 0 Å². The van der Waals surface area contributed by atoms with Gasteiger partial charge in [0, 0.05) is 12.8 Å². The number of carbonyl (C=O) groups is 2. The number of amides is 1. The standard InChI is InChI=1S/C31H29NO4S/c1-32(31(34)36-29(25-18-10-4-11-19-25)26-20-12-5-13-21-26)27(22-37)30(33)35-28(23-14-6-2-7-15-23)24-16-8-3-9-17-24/h2-21,27-29,37H,22H2,1H3/t27-/m0/s1. The van der Waals surface area contributed by atoms with Crippen LogP contribution in [0.25, 0.3) is 0 Å². The minimum absolute atomic E-state index is 0.0715. The monoisotopic (exact) mass is 511 g/mol. The third-order valence-corrected chi connectivity index (χ3v) is 6.41. The van der Waals surface area contributed by atoms with Crippen molar-refractivity contribution in [2.24, 2.45) is 0 Å². The van der Waals surface area contributed by atoms with E-state index in [1.54, 1.807) is 0 Å². The zero-order chi connectivity index (χ0) is 26.0. The predicted octanol–water partition coefficient (Wildman–Crippen LogP) is 6.48. The van der Waals surface area contributed by atoms with Crippen molar-refractivity contribution in [3.63, 3.8) is 0 Å². The number of carbonyl (C=O) groups excluding carboxylic acids is 2. The number of nitrogens with zero attached hydrogens (tertiary/aromatic N) is 1. The minimum atomic E-state index is -0.946. The summed E-state index contributed by atoms with van der Waals surface area (Å²) in [5.41, 5.74) is 3.32. The van der Waals surface area contributed by atoms with Gasteiger partial charge in [-0.1, -0.05) is 121 Å². The first-order valence-electron chi connectivity index (χ1n) is 12.0. The Morgan fingerprint density at radius 1 is 0.622 bits per heavy atom. The van der Waals surface area contributed by atoms with Crippen LogP contribution in [0.5, 0.6) is 0 Å². The molecular weight excluding hydrogens is 482 g/mol. The SMILES string of the molecule is CN(C(=O)OC(c1ccccc1)c1ccccc1)[C@@H](CS)C(=O)OC(c1ccccc1)c1ccccc1. The van der Waals surface area contributed by atoms with Crippen LogP contribution in [0.15, 0.2) is 121 Å². The van der Waals surface area contributed by atoms with E-state index in [0.29, 0.717) is 0 Å². The molecule has 0 radical (unpaired) electrons. The lowest BCUT2D eigenvalue weighted by molar-refractivity contribution is -0.152. The van der Waals surface area contributed by atoms with Gasteiger partial charge in [0.1, 0.15) is 6.04 Å². The van der Waals surface area contributed by atoms with Crippen LogP contribution in [0, 0.1) is 0 Å². The lowest BCUT2D eigenvalue weighted by Gasteiger charge is -2.29. The van der Waals surface area contributed by atoms with E-state index in [4.69, 9.17) is 9.47 Å². The van der Waals surface area contributed by atoms with E-state index < -0.39 is 30.3 Å². The molecule has 5 nitrogen and oxygen atoms in total. The molecule has 0 aliphatic rings. The molecule has 4 aromatic carbocycles. The fraction of sp³-hybridized carbons (Fsp3) is 0.161. The van der Waals surface area contributed by atoms with Gasteiger partial charge in [-0.05, 0) is 22.3 Å². The second kappa shape index (κ2) is 12.8. The van der Waals surface area contributed by atoms with Gasteiger partial charge in [-0.3, -0.25) is 4.90 Å². The molecule has 188 valence electrons. The van der Waals surface area contributed by atoms with E-state index in [0.717, 1.165) is 22.3 Å². The second-order valence-electron chi connectivity index (χ2n) is 8.53. The highest BCUT2D eigenvalue weighted by molar-refractivity contribution is 7.80. The summed E-state index contributed by atoms with van der Waals surface area (Å²) in [6.07, 6.45) is -1.90. The summed E-state index contributed by atoms with van der Waals surface area (Å²) in [7, 11) is 1.53. The van der Waals surface area contributed by atoms with Crippen molar-refractivity contribution in [3.8, 4) is 0 Å². The Hall–Kier alpha value is -4.03. The zero-order valence-electron chi connectivity index (χ0n) is 20.5. The third kappa shape index (κ3) is 6.60. The summed E-state index contributed by atoms with van der Waals surface area (Å²) < 4.78 is 11.9. The molecule has 0 N–H and O–H groups in total. The highest BCUT2D eigenvalue weighted by Crippen LogP contribution is 2.29. The van der Waals surface area contributed by atoms with Gasteiger partial charge in [-0.2, -0.15) is 12.6 Å². The maximum absolute atomic E-state index is 13.4. The van der Waals surface area contributed by atoms with E-state index in [1.807, 2.05) is 121 Å². The molecule has 0 aliphatic heterocycles. The molecule has 0 bridgehead atoms. The molecule has 1 amide bonds. The molecule has 0 aromatic heterocycles. The van der Waals surface area contributed by atoms with Crippen molar-refractivity contribution in [2.75, 3.05) is 12.8 Å². The summed E-state index contributed by atoms with van der Waals surface area (Å²) in [5, 5.41) is 0. The van der Waals surface area contributed by atoms with Gasteiger partial charge in [-0.15, -0.1) is 0 Å². The van der Waals surface area contributed by atoms with Crippen LogP contribution in [0.4, 0.5) is 4.79 Å². The number of esters is 1. The summed E-state index contributed by atoms with van der Waals surface area (Å²) >= 11 is 4.37. The van der Waals surface area contributed by atoms with E-state index >= 15 is 0 Å². The molecule has 0 saturated heterocycles. The number of thiol groups is 1. The van der Waals surface area contributed by atoms with Crippen LogP contribution >= 0.6 is 12.6 Å². The van der Waals surface area contributed by atoms with Gasteiger partial charge in [-0.25, -0.2) is 9.59 Å². The van der Waals surface area contributed by atoms with Crippen LogP contribution in [-0.4, -0.2) is 35.8 Å². The molecule has 0 aliphatic carbocycles. The minimum Gasteiger partial charge on any atom is -0.451 e. The molecule has 6 heteroatoms. The average Bonchev–Trinajstić information content (AvgIpc) is 2.96. The summed E-state index contributed by atoms with van der Waals surface area (Å²) in [4.78, 5) is 27.9. The largest absolute Gasteiger partial charge is 0.451 e. The molecule has 0 fully saturated rings. The molecule has 4 aromatic rings. The van der Waals surface area contributed by atoms with Crippen molar-refractivity contribution in [2.45, 2.75) is 18.2 Å². The molecule has 0 heterocycles. The maximum Gasteiger partial charge on any atom is 0.411 e. The van der Waals surface area contributed by atoms with Crippen molar-refractivity contribution in [3.05, 3.63) is 144 Å².